The van der Waals surface area contributed by atoms with Crippen molar-refractivity contribution in [3.63, 3.8) is 0 Å². The van der Waals surface area contributed by atoms with Crippen LogP contribution in [-0.2, 0) is 10.8 Å². The average molecular weight is 216 g/mol. The highest BCUT2D eigenvalue weighted by Crippen LogP contribution is 2.60. The minimum Gasteiger partial charge on any atom is -0.298 e. The first kappa shape index (κ1) is 11.4. The number of carbonyl (C=O) groups excluding carboxylic acids is 1. The summed E-state index contributed by atoms with van der Waals surface area (Å²) >= 11 is 0. The highest BCUT2D eigenvalue weighted by Gasteiger charge is 2.52. The quantitative estimate of drug-likeness (QED) is 0.652. The summed E-state index contributed by atoms with van der Waals surface area (Å²) in [4.78, 5) is 10.8. The van der Waals surface area contributed by atoms with E-state index in [1.165, 1.54) is 30.4 Å². The highest BCUT2D eigenvalue weighted by molar-refractivity contribution is 5.76. The first-order chi connectivity index (χ1) is 7.07. The van der Waals surface area contributed by atoms with Crippen LogP contribution in [0.1, 0.15) is 62.0 Å². The third-order valence-electron chi connectivity index (χ3n) is 4.49. The predicted octanol–water partition coefficient (Wildman–Crippen LogP) is 3.85. The molecule has 1 fully saturated rings. The molecule has 1 aromatic rings. The second kappa shape index (κ2) is 3.19. The van der Waals surface area contributed by atoms with Gasteiger partial charge in [0.2, 0.25) is 0 Å². The van der Waals surface area contributed by atoms with Gasteiger partial charge in [0.1, 0.15) is 6.29 Å². The zero-order chi connectivity index (χ0) is 10.7. The lowest BCUT2D eigenvalue weighted by atomic mass is 9.78. The minimum absolute atomic E-state index is 0. The van der Waals surface area contributed by atoms with Crippen LogP contribution in [0.5, 0.6) is 0 Å². The van der Waals surface area contributed by atoms with E-state index in [4.69, 9.17) is 0 Å². The van der Waals surface area contributed by atoms with Crippen molar-refractivity contribution in [3.05, 3.63) is 34.9 Å². The smallest absolute Gasteiger partial charge is 0.150 e. The molecule has 2 atom stereocenters. The van der Waals surface area contributed by atoms with Gasteiger partial charge in [-0.1, -0.05) is 33.4 Å². The minimum atomic E-state index is 0. The zero-order valence-electron chi connectivity index (χ0n) is 9.34. The maximum absolute atomic E-state index is 10.8. The summed E-state index contributed by atoms with van der Waals surface area (Å²) < 4.78 is 0. The van der Waals surface area contributed by atoms with Gasteiger partial charge in [-0.3, -0.25) is 4.79 Å². The molecule has 2 bridgehead atoms. The molecule has 0 aliphatic heterocycles. The summed E-state index contributed by atoms with van der Waals surface area (Å²) in [6.07, 6.45) is 4.80. The molecule has 0 aromatic heterocycles. The van der Waals surface area contributed by atoms with Crippen LogP contribution in [0.25, 0.3) is 0 Å². The van der Waals surface area contributed by atoms with Crippen molar-refractivity contribution in [1.82, 2.24) is 0 Å². The lowest BCUT2D eigenvalue weighted by molar-refractivity contribution is 0.112. The van der Waals surface area contributed by atoms with Gasteiger partial charge < -0.3 is 0 Å². The van der Waals surface area contributed by atoms with Gasteiger partial charge >= 0.3 is 0 Å². The van der Waals surface area contributed by atoms with Gasteiger partial charge in [0.05, 0.1) is 0 Å². The molecule has 86 valence electrons. The van der Waals surface area contributed by atoms with Crippen molar-refractivity contribution in [2.45, 2.75) is 51.4 Å². The molecule has 0 N–H and O–H groups in total. The fraction of sp³-hybridized carbons (Fsp3) is 0.533. The molecule has 3 rings (SSSR count). The van der Waals surface area contributed by atoms with Crippen molar-refractivity contribution in [3.8, 4) is 0 Å². The van der Waals surface area contributed by atoms with Crippen molar-refractivity contribution in [1.29, 1.82) is 0 Å². The van der Waals surface area contributed by atoms with E-state index in [1.54, 1.807) is 0 Å². The van der Waals surface area contributed by atoms with E-state index in [2.05, 4.69) is 26.0 Å². The largest absolute Gasteiger partial charge is 0.298 e. The number of fused-ring (bicyclic) bond motifs is 5. The Balaban J connectivity index is 0.000000963. The van der Waals surface area contributed by atoms with Crippen LogP contribution < -0.4 is 0 Å². The molecule has 0 saturated heterocycles. The molecule has 2 aliphatic carbocycles. The lowest BCUT2D eigenvalue weighted by Gasteiger charge is -2.27. The molecule has 0 heterocycles. The summed E-state index contributed by atoms with van der Waals surface area (Å²) in [5, 5.41) is 0. The molecular formula is C15H20O. The van der Waals surface area contributed by atoms with E-state index in [0.717, 1.165) is 11.8 Å². The fourth-order valence-corrected chi connectivity index (χ4v) is 3.71. The van der Waals surface area contributed by atoms with Crippen LogP contribution >= 0.6 is 0 Å². The molecule has 1 nitrogen and oxygen atoms in total. The van der Waals surface area contributed by atoms with E-state index < -0.39 is 0 Å². The summed E-state index contributed by atoms with van der Waals surface area (Å²) in [5.41, 5.74) is 4.46. The predicted molar refractivity (Wildman–Crippen MR) is 67.1 cm³/mol. The first-order valence-electron chi connectivity index (χ1n) is 5.68. The Bertz CT molecular complexity index is 449. The molecule has 2 aliphatic rings. The van der Waals surface area contributed by atoms with Crippen molar-refractivity contribution in [2.75, 3.05) is 0 Å². The summed E-state index contributed by atoms with van der Waals surface area (Å²) in [6, 6.07) is 6.23. The molecule has 1 heteroatoms. The second-order valence-corrected chi connectivity index (χ2v) is 5.72. The monoisotopic (exact) mass is 216 g/mol. The molecular weight excluding hydrogens is 196 g/mol. The lowest BCUT2D eigenvalue weighted by Crippen LogP contribution is -2.18. The Hall–Kier alpha value is -1.11. The van der Waals surface area contributed by atoms with Crippen molar-refractivity contribution < 1.29 is 4.79 Å². The Morgan fingerprint density at radius 3 is 2.38 bits per heavy atom. The van der Waals surface area contributed by atoms with Gasteiger partial charge in [-0.15, -0.1) is 0 Å². The van der Waals surface area contributed by atoms with Crippen LogP contribution in [-0.4, -0.2) is 6.29 Å². The van der Waals surface area contributed by atoms with Gasteiger partial charge in [-0.25, -0.2) is 0 Å². The SMILES string of the molecule is C.CC12CCC(C)(C1)c1cc(C=O)ccc12. The summed E-state index contributed by atoms with van der Waals surface area (Å²) in [6.45, 7) is 4.71. The number of hydrogen-bond acceptors (Lipinski definition) is 1. The number of hydrogen-bond donors (Lipinski definition) is 0. The number of carbonyl (C=O) groups is 1. The van der Waals surface area contributed by atoms with Crippen LogP contribution in [0.3, 0.4) is 0 Å². The summed E-state index contributed by atoms with van der Waals surface area (Å²) in [5.74, 6) is 0. The van der Waals surface area contributed by atoms with E-state index in [0.29, 0.717) is 10.8 Å². The molecule has 16 heavy (non-hydrogen) atoms. The molecule has 0 amide bonds. The molecule has 2 unspecified atom stereocenters. The maximum atomic E-state index is 10.8. The number of benzene rings is 1. The van der Waals surface area contributed by atoms with Gasteiger partial charge in [-0.2, -0.15) is 0 Å². The van der Waals surface area contributed by atoms with E-state index in [-0.39, 0.29) is 7.43 Å². The van der Waals surface area contributed by atoms with E-state index >= 15 is 0 Å². The zero-order valence-corrected chi connectivity index (χ0v) is 9.34. The van der Waals surface area contributed by atoms with E-state index in [1.807, 2.05) is 6.07 Å². The van der Waals surface area contributed by atoms with Gasteiger partial charge in [0, 0.05) is 5.56 Å². The van der Waals surface area contributed by atoms with Gasteiger partial charge in [0.25, 0.3) is 0 Å². The van der Waals surface area contributed by atoms with E-state index in [9.17, 15) is 4.79 Å². The van der Waals surface area contributed by atoms with Crippen molar-refractivity contribution in [2.24, 2.45) is 0 Å². The first-order valence-corrected chi connectivity index (χ1v) is 5.68. The second-order valence-electron chi connectivity index (χ2n) is 5.72. The van der Waals surface area contributed by atoms with Crippen LogP contribution in [0.2, 0.25) is 0 Å². The Labute approximate surface area is 97.9 Å². The molecule has 1 aromatic carbocycles. The number of rotatable bonds is 1. The Morgan fingerprint density at radius 2 is 1.75 bits per heavy atom. The van der Waals surface area contributed by atoms with Crippen LogP contribution in [0, 0.1) is 0 Å². The number of aldehydes is 1. The topological polar surface area (TPSA) is 17.1 Å². The molecule has 1 saturated carbocycles. The fourth-order valence-electron chi connectivity index (χ4n) is 3.71. The average Bonchev–Trinajstić information content (AvgIpc) is 2.66. The maximum Gasteiger partial charge on any atom is 0.150 e. The van der Waals surface area contributed by atoms with Crippen LogP contribution in [0.4, 0.5) is 0 Å². The third-order valence-corrected chi connectivity index (χ3v) is 4.49. The Kier molecular flexibility index (Phi) is 2.27. The van der Waals surface area contributed by atoms with Crippen LogP contribution in [0.15, 0.2) is 18.2 Å². The summed E-state index contributed by atoms with van der Waals surface area (Å²) in [7, 11) is 0. The normalized spacial score (nSPS) is 34.4. The molecule has 0 radical (unpaired) electrons. The van der Waals surface area contributed by atoms with Crippen molar-refractivity contribution >= 4 is 6.29 Å². The van der Waals surface area contributed by atoms with Gasteiger partial charge in [0.15, 0.2) is 0 Å². The highest BCUT2D eigenvalue weighted by atomic mass is 16.1. The molecule has 0 spiro atoms. The standard InChI is InChI=1S/C14H16O.CH4/c1-13-5-6-14(2,9-13)12-7-10(8-15)3-4-11(12)13;/h3-4,7-8H,5-6,9H2,1-2H3;1H4. The third kappa shape index (κ3) is 1.20. The van der Waals surface area contributed by atoms with Gasteiger partial charge in [-0.05, 0) is 47.3 Å². The Morgan fingerprint density at radius 1 is 1.12 bits per heavy atom.